The predicted molar refractivity (Wildman–Crippen MR) is 90.4 cm³/mol. The summed E-state index contributed by atoms with van der Waals surface area (Å²) in [4.78, 5) is 11.4. The smallest absolute Gasteiger partial charge is 0.331 e. The van der Waals surface area contributed by atoms with Crippen molar-refractivity contribution in [2.24, 2.45) is 5.41 Å². The number of aliphatic hydroxyl groups is 1. The Hall–Kier alpha value is -2.56. The quantitative estimate of drug-likeness (QED) is 0.525. The Labute approximate surface area is 142 Å². The molecule has 0 aromatic heterocycles. The minimum atomic E-state index is -1.56. The average Bonchev–Trinajstić information content (AvgIpc) is 2.58. The van der Waals surface area contributed by atoms with Gasteiger partial charge in [0.05, 0.1) is 13.2 Å². The van der Waals surface area contributed by atoms with Crippen molar-refractivity contribution in [3.05, 3.63) is 47.5 Å². The van der Waals surface area contributed by atoms with E-state index in [0.29, 0.717) is 30.4 Å². The summed E-state index contributed by atoms with van der Waals surface area (Å²) in [5.41, 5.74) is -1.31. The maximum absolute atomic E-state index is 11.4. The van der Waals surface area contributed by atoms with Gasteiger partial charge in [-0.15, -0.1) is 0 Å². The van der Waals surface area contributed by atoms with Crippen LogP contribution in [-0.2, 0) is 15.1 Å². The van der Waals surface area contributed by atoms with Gasteiger partial charge in [-0.2, -0.15) is 5.26 Å². The van der Waals surface area contributed by atoms with Crippen molar-refractivity contribution in [1.29, 1.82) is 5.26 Å². The first-order valence-electron chi connectivity index (χ1n) is 8.02. The molecule has 1 aliphatic rings. The topological polar surface area (TPSA) is 70.3 Å². The second-order valence-electron chi connectivity index (χ2n) is 5.92. The van der Waals surface area contributed by atoms with E-state index in [2.05, 4.69) is 22.6 Å². The molecule has 0 saturated heterocycles. The molecule has 1 fully saturated rings. The maximum Gasteiger partial charge on any atom is 0.331 e. The Morgan fingerprint density at radius 2 is 2.08 bits per heavy atom. The Kier molecular flexibility index (Phi) is 5.44. The van der Waals surface area contributed by atoms with Crippen LogP contribution in [0.4, 0.5) is 0 Å². The van der Waals surface area contributed by atoms with E-state index in [4.69, 9.17) is 0 Å². The zero-order valence-electron chi connectivity index (χ0n) is 14.0. The van der Waals surface area contributed by atoms with Crippen LogP contribution in [0.15, 0.2) is 42.0 Å². The highest BCUT2D eigenvalue weighted by Crippen LogP contribution is 2.53. The number of hydrogen-bond acceptors (Lipinski definition) is 4. The molecule has 1 aliphatic carbocycles. The van der Waals surface area contributed by atoms with Crippen molar-refractivity contribution in [3.63, 3.8) is 0 Å². The van der Waals surface area contributed by atoms with Crippen LogP contribution in [0, 0.1) is 28.6 Å². The molecule has 24 heavy (non-hydrogen) atoms. The monoisotopic (exact) mass is 323 g/mol. The van der Waals surface area contributed by atoms with E-state index in [0.717, 1.165) is 6.42 Å². The fraction of sp³-hybridized carbons (Fsp3) is 0.400. The van der Waals surface area contributed by atoms with Crippen LogP contribution in [0.2, 0.25) is 0 Å². The summed E-state index contributed by atoms with van der Waals surface area (Å²) >= 11 is 0. The number of ether oxygens (including phenoxy) is 1. The number of carbonyl (C=O) groups excluding carboxylic acids is 1. The SMILES string of the molecule is CC/C(C#CC(O)(c1ccccc1)C1(C#N)CCC1)=C/C(=O)OC. The van der Waals surface area contributed by atoms with Crippen molar-refractivity contribution < 1.29 is 14.6 Å². The molecule has 1 saturated carbocycles. The van der Waals surface area contributed by atoms with Crippen LogP contribution in [0.25, 0.3) is 0 Å². The molecule has 0 heterocycles. The lowest BCUT2D eigenvalue weighted by molar-refractivity contribution is -0.134. The lowest BCUT2D eigenvalue weighted by atomic mass is 9.57. The number of benzene rings is 1. The Morgan fingerprint density at radius 3 is 2.54 bits per heavy atom. The lowest BCUT2D eigenvalue weighted by Crippen LogP contribution is -2.48. The molecule has 1 atom stereocenters. The van der Waals surface area contributed by atoms with Gasteiger partial charge in [0.25, 0.3) is 0 Å². The number of nitriles is 1. The second kappa shape index (κ2) is 7.34. The molecule has 1 aromatic rings. The number of esters is 1. The van der Waals surface area contributed by atoms with Crippen LogP contribution in [0.3, 0.4) is 0 Å². The molecule has 1 unspecified atom stereocenters. The van der Waals surface area contributed by atoms with Crippen LogP contribution < -0.4 is 0 Å². The zero-order valence-corrected chi connectivity index (χ0v) is 14.0. The standard InChI is InChI=1S/C20H21NO3/c1-3-16(14-18(22)24-2)10-13-20(23,17-8-5-4-6-9-17)19(15-21)11-7-12-19/h4-6,8-9,14,23H,3,7,11-12H2,1-2H3/b16-14-. The summed E-state index contributed by atoms with van der Waals surface area (Å²) in [7, 11) is 1.30. The fourth-order valence-electron chi connectivity index (χ4n) is 2.83. The molecule has 0 radical (unpaired) electrons. The van der Waals surface area contributed by atoms with Gasteiger partial charge in [0.15, 0.2) is 5.60 Å². The molecular formula is C20H21NO3. The van der Waals surface area contributed by atoms with Crippen LogP contribution in [0.5, 0.6) is 0 Å². The largest absolute Gasteiger partial charge is 0.466 e. The first-order valence-corrected chi connectivity index (χ1v) is 8.02. The normalized spacial score (nSPS) is 18.2. The minimum Gasteiger partial charge on any atom is -0.466 e. The van der Waals surface area contributed by atoms with Crippen molar-refractivity contribution in [2.75, 3.05) is 7.11 Å². The van der Waals surface area contributed by atoms with Gasteiger partial charge < -0.3 is 9.84 Å². The Bertz CT molecular complexity index is 730. The third kappa shape index (κ3) is 3.20. The first-order chi connectivity index (χ1) is 11.5. The summed E-state index contributed by atoms with van der Waals surface area (Å²) < 4.78 is 4.62. The lowest BCUT2D eigenvalue weighted by Gasteiger charge is -2.45. The van der Waals surface area contributed by atoms with Gasteiger partial charge in [0, 0.05) is 11.6 Å². The fourth-order valence-corrected chi connectivity index (χ4v) is 2.83. The molecule has 1 N–H and O–H groups in total. The number of hydrogen-bond donors (Lipinski definition) is 1. The van der Waals surface area contributed by atoms with Gasteiger partial charge in [0.1, 0.15) is 5.41 Å². The van der Waals surface area contributed by atoms with Gasteiger partial charge in [0.2, 0.25) is 0 Å². The summed E-state index contributed by atoms with van der Waals surface area (Å²) in [6, 6.07) is 11.3. The molecule has 0 amide bonds. The van der Waals surface area contributed by atoms with E-state index < -0.39 is 17.0 Å². The van der Waals surface area contributed by atoms with Crippen molar-refractivity contribution >= 4 is 5.97 Å². The summed E-state index contributed by atoms with van der Waals surface area (Å²) in [6.45, 7) is 1.87. The molecule has 124 valence electrons. The molecule has 4 heteroatoms. The third-order valence-electron chi connectivity index (χ3n) is 4.58. The van der Waals surface area contributed by atoms with E-state index >= 15 is 0 Å². The number of rotatable bonds is 4. The molecule has 2 rings (SSSR count). The highest BCUT2D eigenvalue weighted by atomic mass is 16.5. The number of allylic oxidation sites excluding steroid dienone is 1. The third-order valence-corrected chi connectivity index (χ3v) is 4.58. The van der Waals surface area contributed by atoms with Crippen LogP contribution in [0.1, 0.15) is 38.2 Å². The average molecular weight is 323 g/mol. The second-order valence-corrected chi connectivity index (χ2v) is 5.92. The number of carbonyl (C=O) groups is 1. The number of methoxy groups -OCH3 is 1. The molecule has 0 aliphatic heterocycles. The van der Waals surface area contributed by atoms with Gasteiger partial charge in [-0.1, -0.05) is 49.1 Å². The molecule has 1 aromatic carbocycles. The van der Waals surface area contributed by atoms with Crippen molar-refractivity contribution in [1.82, 2.24) is 0 Å². The highest BCUT2D eigenvalue weighted by molar-refractivity contribution is 5.83. The van der Waals surface area contributed by atoms with Gasteiger partial charge >= 0.3 is 5.97 Å². The highest BCUT2D eigenvalue weighted by Gasteiger charge is 2.55. The minimum absolute atomic E-state index is 0.483. The predicted octanol–water partition coefficient (Wildman–Crippen LogP) is 3.08. The summed E-state index contributed by atoms with van der Waals surface area (Å²) in [5.74, 6) is 5.30. The Morgan fingerprint density at radius 1 is 1.42 bits per heavy atom. The summed E-state index contributed by atoms with van der Waals surface area (Å²) in [6.07, 6.45) is 3.95. The van der Waals surface area contributed by atoms with Crippen molar-refractivity contribution in [2.45, 2.75) is 38.2 Å². The van der Waals surface area contributed by atoms with Gasteiger partial charge in [-0.05, 0) is 31.2 Å². The summed E-state index contributed by atoms with van der Waals surface area (Å²) in [5, 5.41) is 21.0. The number of nitrogens with zero attached hydrogens (tertiary/aromatic N) is 1. The van der Waals surface area contributed by atoms with Crippen molar-refractivity contribution in [3.8, 4) is 17.9 Å². The van der Waals surface area contributed by atoms with E-state index in [-0.39, 0.29) is 0 Å². The van der Waals surface area contributed by atoms with E-state index in [1.165, 1.54) is 13.2 Å². The first kappa shape index (κ1) is 17.8. The van der Waals surface area contributed by atoms with E-state index in [1.54, 1.807) is 12.1 Å². The van der Waals surface area contributed by atoms with Crippen LogP contribution in [-0.4, -0.2) is 18.2 Å². The van der Waals surface area contributed by atoms with E-state index in [1.807, 2.05) is 25.1 Å². The van der Waals surface area contributed by atoms with Gasteiger partial charge in [-0.25, -0.2) is 4.79 Å². The van der Waals surface area contributed by atoms with Gasteiger partial charge in [-0.3, -0.25) is 0 Å². The maximum atomic E-state index is 11.4. The zero-order chi connectivity index (χ0) is 17.6. The molecule has 0 spiro atoms. The molecule has 0 bridgehead atoms. The van der Waals surface area contributed by atoms with E-state index in [9.17, 15) is 15.2 Å². The Balaban J connectivity index is 2.50. The van der Waals surface area contributed by atoms with Crippen LogP contribution >= 0.6 is 0 Å². The molecule has 4 nitrogen and oxygen atoms in total. The molecular weight excluding hydrogens is 302 g/mol.